The van der Waals surface area contributed by atoms with Crippen LogP contribution in [-0.4, -0.2) is 49.8 Å². The van der Waals surface area contributed by atoms with E-state index in [1.165, 1.54) is 6.07 Å². The van der Waals surface area contributed by atoms with E-state index in [4.69, 9.17) is 0 Å². The number of carbonyl (C=O) groups is 1. The second-order valence-electron chi connectivity index (χ2n) is 7.37. The van der Waals surface area contributed by atoms with E-state index in [2.05, 4.69) is 34.8 Å². The number of hydrogen-bond acceptors (Lipinski definition) is 3. The van der Waals surface area contributed by atoms with Gasteiger partial charge >= 0.3 is 0 Å². The van der Waals surface area contributed by atoms with Crippen LogP contribution in [0.15, 0.2) is 23.2 Å². The number of aliphatic hydroxyl groups is 1. The van der Waals surface area contributed by atoms with Gasteiger partial charge in [-0.15, -0.1) is 24.0 Å². The first-order valence-electron chi connectivity index (χ1n) is 10.0. The van der Waals surface area contributed by atoms with Gasteiger partial charge in [0, 0.05) is 38.3 Å². The van der Waals surface area contributed by atoms with Crippen LogP contribution in [0.2, 0.25) is 0 Å². The van der Waals surface area contributed by atoms with Gasteiger partial charge < -0.3 is 21.1 Å². The van der Waals surface area contributed by atoms with Crippen LogP contribution < -0.4 is 16.0 Å². The Bertz CT molecular complexity index is 641. The molecule has 0 spiro atoms. The van der Waals surface area contributed by atoms with Crippen LogP contribution in [0.3, 0.4) is 0 Å². The van der Waals surface area contributed by atoms with E-state index < -0.39 is 0 Å². The van der Waals surface area contributed by atoms with Gasteiger partial charge in [0.25, 0.3) is 5.91 Å². The molecule has 6 nitrogen and oxygen atoms in total. The molecule has 0 heterocycles. The SMILES string of the molecule is CCNC(=NCC(CCO)CC(C)C)NCCNC(=O)c1ccc(C)c(F)c1.I. The summed E-state index contributed by atoms with van der Waals surface area (Å²) in [5, 5.41) is 18.4. The molecule has 0 saturated carbocycles. The first-order chi connectivity index (χ1) is 13.4. The van der Waals surface area contributed by atoms with Crippen LogP contribution >= 0.6 is 24.0 Å². The lowest BCUT2D eigenvalue weighted by Crippen LogP contribution is -2.41. The van der Waals surface area contributed by atoms with Gasteiger partial charge in [-0.25, -0.2) is 4.39 Å². The Kier molecular flexibility index (Phi) is 14.7. The van der Waals surface area contributed by atoms with Crippen molar-refractivity contribution in [2.75, 3.05) is 32.8 Å². The van der Waals surface area contributed by atoms with E-state index in [-0.39, 0.29) is 42.3 Å². The Labute approximate surface area is 191 Å². The van der Waals surface area contributed by atoms with Gasteiger partial charge in [0.1, 0.15) is 5.82 Å². The number of halogens is 2. The molecule has 0 aliphatic carbocycles. The molecule has 4 N–H and O–H groups in total. The van der Waals surface area contributed by atoms with Crippen molar-refractivity contribution in [1.82, 2.24) is 16.0 Å². The number of nitrogens with one attached hydrogen (secondary N) is 3. The molecule has 1 aromatic rings. The highest BCUT2D eigenvalue weighted by molar-refractivity contribution is 14.0. The average Bonchev–Trinajstić information content (AvgIpc) is 2.64. The van der Waals surface area contributed by atoms with E-state index >= 15 is 0 Å². The fourth-order valence-corrected chi connectivity index (χ4v) is 2.89. The lowest BCUT2D eigenvalue weighted by atomic mass is 9.94. The van der Waals surface area contributed by atoms with E-state index in [1.54, 1.807) is 19.1 Å². The summed E-state index contributed by atoms with van der Waals surface area (Å²) in [6.07, 6.45) is 1.76. The smallest absolute Gasteiger partial charge is 0.251 e. The summed E-state index contributed by atoms with van der Waals surface area (Å²) < 4.78 is 13.6. The number of amides is 1. The summed E-state index contributed by atoms with van der Waals surface area (Å²) in [6.45, 7) is 10.4. The normalized spacial score (nSPS) is 12.3. The van der Waals surface area contributed by atoms with Crippen molar-refractivity contribution in [2.45, 2.75) is 40.5 Å². The molecule has 1 atom stereocenters. The highest BCUT2D eigenvalue weighted by Gasteiger charge is 2.11. The maximum absolute atomic E-state index is 13.6. The monoisotopic (exact) mass is 522 g/mol. The molecule has 8 heteroatoms. The molecule has 29 heavy (non-hydrogen) atoms. The minimum absolute atomic E-state index is 0. The number of aliphatic hydroxyl groups excluding tert-OH is 1. The Balaban J connectivity index is 0.00000784. The lowest BCUT2D eigenvalue weighted by Gasteiger charge is -2.17. The highest BCUT2D eigenvalue weighted by Crippen LogP contribution is 2.15. The third-order valence-corrected chi connectivity index (χ3v) is 4.33. The molecule has 0 fully saturated rings. The Morgan fingerprint density at radius 1 is 1.21 bits per heavy atom. The van der Waals surface area contributed by atoms with Gasteiger partial charge in [0.15, 0.2) is 5.96 Å². The standard InChI is InChI=1S/C21H35FN4O2.HI/c1-5-23-21(26-14-17(8-11-27)12-15(2)3)25-10-9-24-20(28)18-7-6-16(4)19(22)13-18;/h6-7,13,15,17,27H,5,8-12,14H2,1-4H3,(H,24,28)(H2,23,25,26);1H. The number of aliphatic imine (C=N–C) groups is 1. The van der Waals surface area contributed by atoms with Gasteiger partial charge in [0.05, 0.1) is 0 Å². The summed E-state index contributed by atoms with van der Waals surface area (Å²) in [7, 11) is 0. The summed E-state index contributed by atoms with van der Waals surface area (Å²) >= 11 is 0. The van der Waals surface area contributed by atoms with Crippen LogP contribution in [0.4, 0.5) is 4.39 Å². The summed E-state index contributed by atoms with van der Waals surface area (Å²) in [4.78, 5) is 16.7. The molecule has 0 aliphatic rings. The van der Waals surface area contributed by atoms with Crippen molar-refractivity contribution >= 4 is 35.8 Å². The van der Waals surface area contributed by atoms with Crippen molar-refractivity contribution in [1.29, 1.82) is 0 Å². The molecular formula is C21H36FIN4O2. The van der Waals surface area contributed by atoms with Crippen molar-refractivity contribution in [2.24, 2.45) is 16.8 Å². The van der Waals surface area contributed by atoms with Gasteiger partial charge in [-0.3, -0.25) is 9.79 Å². The van der Waals surface area contributed by atoms with Crippen molar-refractivity contribution < 1.29 is 14.3 Å². The molecule has 0 aromatic heterocycles. The number of hydrogen-bond donors (Lipinski definition) is 4. The minimum atomic E-state index is -0.383. The minimum Gasteiger partial charge on any atom is -0.396 e. The van der Waals surface area contributed by atoms with Crippen molar-refractivity contribution in [3.63, 3.8) is 0 Å². The zero-order valence-corrected chi connectivity index (χ0v) is 20.3. The first kappa shape index (κ1) is 27.6. The molecule has 166 valence electrons. The number of carbonyl (C=O) groups excluding carboxylic acids is 1. The van der Waals surface area contributed by atoms with Crippen LogP contribution in [0, 0.1) is 24.6 Å². The molecule has 1 rings (SSSR count). The first-order valence-corrected chi connectivity index (χ1v) is 10.0. The molecule has 0 saturated heterocycles. The molecular weight excluding hydrogens is 486 g/mol. The Morgan fingerprint density at radius 3 is 2.48 bits per heavy atom. The number of nitrogens with zero attached hydrogens (tertiary/aromatic N) is 1. The number of guanidine groups is 1. The molecule has 1 unspecified atom stereocenters. The maximum atomic E-state index is 13.6. The van der Waals surface area contributed by atoms with Crippen molar-refractivity contribution in [3.8, 4) is 0 Å². The lowest BCUT2D eigenvalue weighted by molar-refractivity contribution is 0.0954. The average molecular weight is 522 g/mol. The van der Waals surface area contributed by atoms with E-state index in [1.807, 2.05) is 6.92 Å². The number of rotatable bonds is 11. The quantitative estimate of drug-likeness (QED) is 0.156. The molecule has 0 aliphatic heterocycles. The zero-order chi connectivity index (χ0) is 20.9. The van der Waals surface area contributed by atoms with Gasteiger partial charge in [-0.05, 0) is 56.2 Å². The fourth-order valence-electron chi connectivity index (χ4n) is 2.89. The van der Waals surface area contributed by atoms with Gasteiger partial charge in [-0.2, -0.15) is 0 Å². The Morgan fingerprint density at radius 2 is 1.90 bits per heavy atom. The third-order valence-electron chi connectivity index (χ3n) is 4.33. The highest BCUT2D eigenvalue weighted by atomic mass is 127. The van der Waals surface area contributed by atoms with Crippen LogP contribution in [-0.2, 0) is 0 Å². The molecule has 0 bridgehead atoms. The topological polar surface area (TPSA) is 85.8 Å². The molecule has 1 amide bonds. The summed E-state index contributed by atoms with van der Waals surface area (Å²) in [5.74, 6) is 0.902. The predicted octanol–water partition coefficient (Wildman–Crippen LogP) is 3.08. The predicted molar refractivity (Wildman–Crippen MR) is 128 cm³/mol. The molecule has 1 aromatic carbocycles. The van der Waals surface area contributed by atoms with Crippen LogP contribution in [0.25, 0.3) is 0 Å². The number of benzene rings is 1. The van der Waals surface area contributed by atoms with E-state index in [0.29, 0.717) is 48.6 Å². The largest absolute Gasteiger partial charge is 0.396 e. The fraction of sp³-hybridized carbons (Fsp3) is 0.619. The molecule has 0 radical (unpaired) electrons. The van der Waals surface area contributed by atoms with Crippen LogP contribution in [0.1, 0.15) is 49.5 Å². The summed E-state index contributed by atoms with van der Waals surface area (Å²) in [5.41, 5.74) is 0.825. The van der Waals surface area contributed by atoms with Crippen LogP contribution in [0.5, 0.6) is 0 Å². The second-order valence-corrected chi connectivity index (χ2v) is 7.37. The Hall–Kier alpha value is -1.42. The third kappa shape index (κ3) is 11.4. The number of aryl methyl sites for hydroxylation is 1. The summed E-state index contributed by atoms with van der Waals surface area (Å²) in [6, 6.07) is 4.46. The van der Waals surface area contributed by atoms with Gasteiger partial charge in [0.2, 0.25) is 0 Å². The second kappa shape index (κ2) is 15.4. The van der Waals surface area contributed by atoms with Crippen molar-refractivity contribution in [3.05, 3.63) is 35.1 Å². The van der Waals surface area contributed by atoms with Gasteiger partial charge in [-0.1, -0.05) is 19.9 Å². The maximum Gasteiger partial charge on any atom is 0.251 e. The van der Waals surface area contributed by atoms with E-state index in [0.717, 1.165) is 19.4 Å². The van der Waals surface area contributed by atoms with E-state index in [9.17, 15) is 14.3 Å². The zero-order valence-electron chi connectivity index (χ0n) is 17.9.